The van der Waals surface area contributed by atoms with Crippen LogP contribution >= 0.6 is 34.8 Å². The normalized spacial score (nSPS) is 11.7. The lowest BCUT2D eigenvalue weighted by Crippen LogP contribution is -2.08. The van der Waals surface area contributed by atoms with Crippen molar-refractivity contribution >= 4 is 40.5 Å². The van der Waals surface area contributed by atoms with E-state index in [2.05, 4.69) is 11.4 Å². The van der Waals surface area contributed by atoms with Crippen LogP contribution in [0.3, 0.4) is 0 Å². The van der Waals surface area contributed by atoms with E-state index in [1.165, 1.54) is 0 Å². The molecule has 0 amide bonds. The lowest BCUT2D eigenvalue weighted by molar-refractivity contribution is 0.998. The minimum absolute atomic E-state index is 0.423. The third-order valence-electron chi connectivity index (χ3n) is 2.54. The highest BCUT2D eigenvalue weighted by Gasteiger charge is 2.12. The molecular weight excluding hydrogens is 303 g/mol. The Morgan fingerprint density at radius 1 is 1.00 bits per heavy atom. The summed E-state index contributed by atoms with van der Waals surface area (Å²) in [4.78, 5) is 0. The molecule has 19 heavy (non-hydrogen) atoms. The van der Waals surface area contributed by atoms with Crippen molar-refractivity contribution in [1.82, 2.24) is 0 Å². The number of rotatable bonds is 3. The van der Waals surface area contributed by atoms with Gasteiger partial charge in [-0.2, -0.15) is 5.26 Å². The van der Waals surface area contributed by atoms with Crippen LogP contribution in [0.4, 0.5) is 5.69 Å². The van der Waals surface area contributed by atoms with Gasteiger partial charge in [0.2, 0.25) is 0 Å². The van der Waals surface area contributed by atoms with E-state index >= 15 is 0 Å². The van der Waals surface area contributed by atoms with Gasteiger partial charge in [0.1, 0.15) is 6.04 Å². The molecule has 0 spiro atoms. The zero-order valence-corrected chi connectivity index (χ0v) is 12.0. The van der Waals surface area contributed by atoms with Gasteiger partial charge < -0.3 is 5.32 Å². The third-order valence-corrected chi connectivity index (χ3v) is 3.52. The lowest BCUT2D eigenvalue weighted by atomic mass is 10.1. The summed E-state index contributed by atoms with van der Waals surface area (Å²) in [6, 6.07) is 13.9. The molecule has 0 saturated carbocycles. The molecule has 2 rings (SSSR count). The summed E-state index contributed by atoms with van der Waals surface area (Å²) in [5.74, 6) is 0. The van der Waals surface area contributed by atoms with Gasteiger partial charge in [-0.25, -0.2) is 0 Å². The molecule has 0 saturated heterocycles. The molecule has 1 atom stereocenters. The Morgan fingerprint density at radius 2 is 1.79 bits per heavy atom. The molecule has 2 nitrogen and oxygen atoms in total. The summed E-state index contributed by atoms with van der Waals surface area (Å²) in [5.41, 5.74) is 1.52. The molecule has 0 radical (unpaired) electrons. The first-order valence-electron chi connectivity index (χ1n) is 5.47. The fourth-order valence-corrected chi connectivity index (χ4v) is 2.12. The van der Waals surface area contributed by atoms with Crippen molar-refractivity contribution in [1.29, 1.82) is 5.26 Å². The minimum Gasteiger partial charge on any atom is -0.366 e. The van der Waals surface area contributed by atoms with Crippen LogP contribution in [0.1, 0.15) is 11.6 Å². The van der Waals surface area contributed by atoms with Crippen molar-refractivity contribution in [3.8, 4) is 6.07 Å². The Labute approximate surface area is 126 Å². The molecule has 1 unspecified atom stereocenters. The summed E-state index contributed by atoms with van der Waals surface area (Å²) in [6.07, 6.45) is 0. The van der Waals surface area contributed by atoms with Gasteiger partial charge in [0, 0.05) is 10.7 Å². The number of nitrogens with one attached hydrogen (secondary N) is 1. The Morgan fingerprint density at radius 3 is 2.42 bits per heavy atom. The van der Waals surface area contributed by atoms with Gasteiger partial charge in [0.25, 0.3) is 0 Å². The molecule has 0 aromatic heterocycles. The number of halogens is 3. The van der Waals surface area contributed by atoms with Crippen LogP contribution < -0.4 is 5.32 Å². The van der Waals surface area contributed by atoms with Crippen LogP contribution in [-0.4, -0.2) is 0 Å². The van der Waals surface area contributed by atoms with Crippen LogP contribution in [0.15, 0.2) is 42.5 Å². The predicted octanol–water partition coefficient (Wildman–Crippen LogP) is 5.32. The van der Waals surface area contributed by atoms with E-state index in [4.69, 9.17) is 34.8 Å². The molecule has 0 heterocycles. The van der Waals surface area contributed by atoms with E-state index in [0.29, 0.717) is 15.1 Å². The van der Waals surface area contributed by atoms with E-state index < -0.39 is 6.04 Å². The first kappa shape index (κ1) is 14.0. The highest BCUT2D eigenvalue weighted by Crippen LogP contribution is 2.27. The largest absolute Gasteiger partial charge is 0.366 e. The molecule has 0 bridgehead atoms. The molecule has 5 heteroatoms. The average Bonchev–Trinajstić information content (AvgIpc) is 2.39. The highest BCUT2D eigenvalue weighted by atomic mass is 35.5. The Balaban J connectivity index is 2.25. The summed E-state index contributed by atoms with van der Waals surface area (Å²) in [7, 11) is 0. The zero-order chi connectivity index (χ0) is 13.8. The second-order valence-electron chi connectivity index (χ2n) is 3.89. The summed E-state index contributed by atoms with van der Waals surface area (Å²) in [6.45, 7) is 0. The quantitative estimate of drug-likeness (QED) is 0.832. The van der Waals surface area contributed by atoms with E-state index in [9.17, 15) is 5.26 Å². The average molecular weight is 312 g/mol. The lowest BCUT2D eigenvalue weighted by Gasteiger charge is -2.14. The Hall–Kier alpha value is -1.40. The maximum Gasteiger partial charge on any atom is 0.140 e. The maximum atomic E-state index is 9.25. The standard InChI is InChI=1S/C14H9Cl3N2/c15-10-2-1-3-11(7-10)19-14(8-18)9-4-5-12(16)13(17)6-9/h1-7,14,19H. The molecule has 0 aliphatic rings. The van der Waals surface area contributed by atoms with Crippen molar-refractivity contribution in [3.05, 3.63) is 63.1 Å². The van der Waals surface area contributed by atoms with Crippen LogP contribution in [0.5, 0.6) is 0 Å². The fourth-order valence-electron chi connectivity index (χ4n) is 1.63. The first-order valence-corrected chi connectivity index (χ1v) is 6.60. The van der Waals surface area contributed by atoms with E-state index in [-0.39, 0.29) is 0 Å². The Kier molecular flexibility index (Phi) is 4.55. The van der Waals surface area contributed by atoms with Crippen molar-refractivity contribution in [2.45, 2.75) is 6.04 Å². The summed E-state index contributed by atoms with van der Waals surface area (Å²) in [5, 5.41) is 13.8. The molecular formula is C14H9Cl3N2. The fraction of sp³-hybridized carbons (Fsp3) is 0.0714. The van der Waals surface area contributed by atoms with Gasteiger partial charge in [0.15, 0.2) is 0 Å². The molecule has 0 aliphatic carbocycles. The minimum atomic E-state index is -0.520. The van der Waals surface area contributed by atoms with Crippen molar-refractivity contribution < 1.29 is 0 Å². The third kappa shape index (κ3) is 3.54. The van der Waals surface area contributed by atoms with Gasteiger partial charge in [-0.3, -0.25) is 0 Å². The number of benzene rings is 2. The molecule has 2 aromatic rings. The molecule has 0 aliphatic heterocycles. The molecule has 2 aromatic carbocycles. The van der Waals surface area contributed by atoms with Gasteiger partial charge in [-0.15, -0.1) is 0 Å². The van der Waals surface area contributed by atoms with Crippen LogP contribution in [-0.2, 0) is 0 Å². The van der Waals surface area contributed by atoms with Crippen LogP contribution in [0.25, 0.3) is 0 Å². The van der Waals surface area contributed by atoms with Crippen molar-refractivity contribution in [3.63, 3.8) is 0 Å². The van der Waals surface area contributed by atoms with Crippen LogP contribution in [0, 0.1) is 11.3 Å². The van der Waals surface area contributed by atoms with Gasteiger partial charge in [-0.1, -0.05) is 46.9 Å². The smallest absolute Gasteiger partial charge is 0.140 e. The van der Waals surface area contributed by atoms with Crippen LogP contribution in [0.2, 0.25) is 15.1 Å². The number of hydrogen-bond acceptors (Lipinski definition) is 2. The molecule has 1 N–H and O–H groups in total. The predicted molar refractivity (Wildman–Crippen MR) is 79.9 cm³/mol. The topological polar surface area (TPSA) is 35.8 Å². The SMILES string of the molecule is N#CC(Nc1cccc(Cl)c1)c1ccc(Cl)c(Cl)c1. The highest BCUT2D eigenvalue weighted by molar-refractivity contribution is 6.42. The zero-order valence-electron chi connectivity index (χ0n) is 9.70. The summed E-state index contributed by atoms with van der Waals surface area (Å²) < 4.78 is 0. The molecule has 0 fully saturated rings. The number of anilines is 1. The first-order chi connectivity index (χ1) is 9.10. The number of nitrogens with zero attached hydrogens (tertiary/aromatic N) is 1. The second kappa shape index (κ2) is 6.16. The van der Waals surface area contributed by atoms with Gasteiger partial charge >= 0.3 is 0 Å². The molecule has 96 valence electrons. The maximum absolute atomic E-state index is 9.25. The van der Waals surface area contributed by atoms with Gasteiger partial charge in [0.05, 0.1) is 16.1 Å². The second-order valence-corrected chi connectivity index (χ2v) is 5.14. The van der Waals surface area contributed by atoms with Crippen molar-refractivity contribution in [2.75, 3.05) is 5.32 Å². The van der Waals surface area contributed by atoms with Gasteiger partial charge in [-0.05, 0) is 35.9 Å². The van der Waals surface area contributed by atoms with E-state index in [1.807, 2.05) is 12.1 Å². The monoisotopic (exact) mass is 310 g/mol. The Bertz CT molecular complexity index is 635. The van der Waals surface area contributed by atoms with Crippen molar-refractivity contribution in [2.24, 2.45) is 0 Å². The van der Waals surface area contributed by atoms with E-state index in [1.54, 1.807) is 30.3 Å². The van der Waals surface area contributed by atoms with E-state index in [0.717, 1.165) is 11.3 Å². The summed E-state index contributed by atoms with van der Waals surface area (Å²) >= 11 is 17.7. The number of hydrogen-bond donors (Lipinski definition) is 1. The number of nitriles is 1.